The fourth-order valence-electron chi connectivity index (χ4n) is 1.32. The number of nitrogens with two attached hydrogens (primary N) is 2. The van der Waals surface area contributed by atoms with Gasteiger partial charge in [0.2, 0.25) is 11.8 Å². The molecule has 0 heterocycles. The minimum Gasteiger partial charge on any atom is -0.370 e. The summed E-state index contributed by atoms with van der Waals surface area (Å²) < 4.78 is 0. The molecular weight excluding hydrogens is 194 g/mol. The number of rotatable bonds is 6. The van der Waals surface area contributed by atoms with Gasteiger partial charge < -0.3 is 16.8 Å². The topological polar surface area (TPSA) is 98.2 Å². The maximum atomic E-state index is 11.5. The van der Waals surface area contributed by atoms with E-state index in [0.717, 1.165) is 0 Å². The summed E-state index contributed by atoms with van der Waals surface area (Å²) in [4.78, 5) is 22.1. The monoisotopic (exact) mass is 215 g/mol. The first-order valence-electron chi connectivity index (χ1n) is 5.17. The summed E-state index contributed by atoms with van der Waals surface area (Å²) in [5.74, 6) is -0.283. The molecule has 0 spiro atoms. The molecule has 0 aliphatic rings. The van der Waals surface area contributed by atoms with E-state index in [1.54, 1.807) is 6.92 Å². The second kappa shape index (κ2) is 6.40. The smallest absolute Gasteiger partial charge is 0.237 e. The Morgan fingerprint density at radius 2 is 1.80 bits per heavy atom. The Balaban J connectivity index is 3.95. The fraction of sp³-hybridized carbons (Fsp3) is 0.800. The molecule has 0 radical (unpaired) electrons. The van der Waals surface area contributed by atoms with Gasteiger partial charge in [0.1, 0.15) is 0 Å². The first-order chi connectivity index (χ1) is 6.82. The van der Waals surface area contributed by atoms with Crippen LogP contribution in [0.2, 0.25) is 0 Å². The zero-order valence-electron chi connectivity index (χ0n) is 9.62. The molecule has 2 unspecified atom stereocenters. The van der Waals surface area contributed by atoms with Crippen molar-refractivity contribution in [2.75, 3.05) is 0 Å². The third-order valence-electron chi connectivity index (χ3n) is 1.96. The van der Waals surface area contributed by atoms with Crippen molar-refractivity contribution < 1.29 is 9.59 Å². The molecule has 0 aromatic carbocycles. The Labute approximate surface area is 90.6 Å². The highest BCUT2D eigenvalue weighted by atomic mass is 16.2. The summed E-state index contributed by atoms with van der Waals surface area (Å²) in [6.07, 6.45) is 0.773. The number of primary amides is 1. The van der Waals surface area contributed by atoms with Crippen molar-refractivity contribution >= 4 is 11.8 Å². The van der Waals surface area contributed by atoms with Gasteiger partial charge in [0.25, 0.3) is 0 Å². The summed E-state index contributed by atoms with van der Waals surface area (Å²) in [6, 6.07) is -0.770. The molecule has 0 aliphatic heterocycles. The van der Waals surface area contributed by atoms with Crippen LogP contribution in [-0.2, 0) is 9.59 Å². The van der Waals surface area contributed by atoms with Crippen molar-refractivity contribution in [1.82, 2.24) is 5.32 Å². The normalized spacial score (nSPS) is 14.7. The SMILES string of the molecule is CC(C)CC(N)C(=O)NC(C)CC(N)=O. The van der Waals surface area contributed by atoms with E-state index in [-0.39, 0.29) is 18.4 Å². The van der Waals surface area contributed by atoms with Crippen LogP contribution in [0.5, 0.6) is 0 Å². The number of carbonyl (C=O) groups excluding carboxylic acids is 2. The van der Waals surface area contributed by atoms with E-state index in [1.165, 1.54) is 0 Å². The maximum Gasteiger partial charge on any atom is 0.237 e. The zero-order valence-corrected chi connectivity index (χ0v) is 9.62. The number of hydrogen-bond donors (Lipinski definition) is 3. The lowest BCUT2D eigenvalue weighted by atomic mass is 10.0. The minimum atomic E-state index is -0.514. The van der Waals surface area contributed by atoms with Crippen LogP contribution in [0.15, 0.2) is 0 Å². The predicted octanol–water partition coefficient (Wildman–Crippen LogP) is -0.260. The number of amides is 2. The Bertz CT molecular complexity index is 229. The largest absolute Gasteiger partial charge is 0.370 e. The zero-order chi connectivity index (χ0) is 12.0. The van der Waals surface area contributed by atoms with E-state index in [9.17, 15) is 9.59 Å². The van der Waals surface area contributed by atoms with Crippen LogP contribution in [0, 0.1) is 5.92 Å². The average molecular weight is 215 g/mol. The number of nitrogens with one attached hydrogen (secondary N) is 1. The highest BCUT2D eigenvalue weighted by Gasteiger charge is 2.17. The van der Waals surface area contributed by atoms with Gasteiger partial charge in [-0.05, 0) is 19.3 Å². The Hall–Kier alpha value is -1.10. The van der Waals surface area contributed by atoms with Crippen molar-refractivity contribution in [3.8, 4) is 0 Å². The van der Waals surface area contributed by atoms with Crippen LogP contribution in [0.3, 0.4) is 0 Å². The molecule has 5 nitrogen and oxygen atoms in total. The summed E-state index contributed by atoms with van der Waals surface area (Å²) >= 11 is 0. The number of hydrogen-bond acceptors (Lipinski definition) is 3. The molecular formula is C10H21N3O2. The van der Waals surface area contributed by atoms with E-state index in [0.29, 0.717) is 12.3 Å². The summed E-state index contributed by atoms with van der Waals surface area (Å²) in [5.41, 5.74) is 10.7. The van der Waals surface area contributed by atoms with Gasteiger partial charge in [0, 0.05) is 12.5 Å². The standard InChI is InChI=1S/C10H21N3O2/c1-6(2)4-8(11)10(15)13-7(3)5-9(12)14/h6-8H,4-5,11H2,1-3H3,(H2,12,14)(H,13,15). The van der Waals surface area contributed by atoms with Gasteiger partial charge >= 0.3 is 0 Å². The van der Waals surface area contributed by atoms with E-state index in [4.69, 9.17) is 11.5 Å². The van der Waals surface area contributed by atoms with Crippen LogP contribution in [0.4, 0.5) is 0 Å². The molecule has 2 amide bonds. The van der Waals surface area contributed by atoms with Crippen LogP contribution < -0.4 is 16.8 Å². The van der Waals surface area contributed by atoms with Gasteiger partial charge in [-0.3, -0.25) is 9.59 Å². The van der Waals surface area contributed by atoms with E-state index in [2.05, 4.69) is 5.32 Å². The molecule has 0 saturated heterocycles. The van der Waals surface area contributed by atoms with Gasteiger partial charge in [-0.2, -0.15) is 0 Å². The Morgan fingerprint density at radius 3 is 2.20 bits per heavy atom. The van der Waals surface area contributed by atoms with E-state index in [1.807, 2.05) is 13.8 Å². The summed E-state index contributed by atoms with van der Waals surface area (Å²) in [5, 5.41) is 2.65. The molecule has 0 saturated carbocycles. The van der Waals surface area contributed by atoms with Crippen LogP contribution in [-0.4, -0.2) is 23.9 Å². The third kappa shape index (κ3) is 6.90. The maximum absolute atomic E-state index is 11.5. The average Bonchev–Trinajstić information content (AvgIpc) is 2.00. The molecule has 0 rings (SSSR count). The first-order valence-corrected chi connectivity index (χ1v) is 5.17. The second-order valence-corrected chi connectivity index (χ2v) is 4.32. The van der Waals surface area contributed by atoms with Crippen molar-refractivity contribution in [3.05, 3.63) is 0 Å². The van der Waals surface area contributed by atoms with Crippen molar-refractivity contribution in [2.24, 2.45) is 17.4 Å². The highest BCUT2D eigenvalue weighted by Crippen LogP contribution is 2.03. The van der Waals surface area contributed by atoms with E-state index >= 15 is 0 Å². The third-order valence-corrected chi connectivity index (χ3v) is 1.96. The highest BCUT2D eigenvalue weighted by molar-refractivity contribution is 5.82. The van der Waals surface area contributed by atoms with Gasteiger partial charge in [-0.1, -0.05) is 13.8 Å². The summed E-state index contributed by atoms with van der Waals surface area (Å²) in [6.45, 7) is 5.73. The van der Waals surface area contributed by atoms with Gasteiger partial charge in [-0.25, -0.2) is 0 Å². The molecule has 15 heavy (non-hydrogen) atoms. The molecule has 2 atom stereocenters. The van der Waals surface area contributed by atoms with Crippen molar-refractivity contribution in [3.63, 3.8) is 0 Å². The lowest BCUT2D eigenvalue weighted by Gasteiger charge is -2.17. The van der Waals surface area contributed by atoms with Gasteiger partial charge in [-0.15, -0.1) is 0 Å². The molecule has 88 valence electrons. The molecule has 0 aromatic rings. The molecule has 0 fully saturated rings. The molecule has 0 aliphatic carbocycles. The van der Waals surface area contributed by atoms with Crippen molar-refractivity contribution in [1.29, 1.82) is 0 Å². The Morgan fingerprint density at radius 1 is 1.27 bits per heavy atom. The summed E-state index contributed by atoms with van der Waals surface area (Å²) in [7, 11) is 0. The van der Waals surface area contributed by atoms with Crippen LogP contribution in [0.1, 0.15) is 33.6 Å². The van der Waals surface area contributed by atoms with Gasteiger partial charge in [0.05, 0.1) is 6.04 Å². The van der Waals surface area contributed by atoms with Crippen LogP contribution in [0.25, 0.3) is 0 Å². The first kappa shape index (κ1) is 13.9. The van der Waals surface area contributed by atoms with Gasteiger partial charge in [0.15, 0.2) is 0 Å². The van der Waals surface area contributed by atoms with Crippen molar-refractivity contribution in [2.45, 2.75) is 45.7 Å². The molecule has 0 bridgehead atoms. The lowest BCUT2D eigenvalue weighted by molar-refractivity contribution is -0.123. The second-order valence-electron chi connectivity index (χ2n) is 4.32. The fourth-order valence-corrected chi connectivity index (χ4v) is 1.32. The lowest BCUT2D eigenvalue weighted by Crippen LogP contribution is -2.46. The van der Waals surface area contributed by atoms with Crippen LogP contribution >= 0.6 is 0 Å². The predicted molar refractivity (Wildman–Crippen MR) is 58.8 cm³/mol. The van der Waals surface area contributed by atoms with E-state index < -0.39 is 11.9 Å². The quantitative estimate of drug-likeness (QED) is 0.569. The molecule has 5 heteroatoms. The minimum absolute atomic E-state index is 0.139. The molecule has 5 N–H and O–H groups in total. The molecule has 0 aromatic heterocycles. The number of carbonyl (C=O) groups is 2. The Kier molecular flexibility index (Phi) is 5.93.